The SMILES string of the molecule is CN1CC[C@@H]1/C=C/C(=O)N1CCC[C@@H](c2cn(-c3ccc(Oc4ccccc4F)cc3)c3c(N)n[nH]c(=O)c23)C1. The molecule has 2 saturated heterocycles. The number of aromatic amines is 1. The number of H-pyrrole nitrogens is 1. The number of nitrogen functional groups attached to an aromatic ring is 1. The molecule has 9 nitrogen and oxygen atoms in total. The van der Waals surface area contributed by atoms with Gasteiger partial charge in [-0.05, 0) is 68.3 Å². The lowest BCUT2D eigenvalue weighted by Crippen LogP contribution is -2.43. The number of fused-ring (bicyclic) bond motifs is 1. The van der Waals surface area contributed by atoms with E-state index >= 15 is 0 Å². The molecular formula is C30H31FN6O3. The van der Waals surface area contributed by atoms with Crippen LogP contribution in [0.15, 0.2) is 71.7 Å². The van der Waals surface area contributed by atoms with Gasteiger partial charge in [-0.2, -0.15) is 5.10 Å². The average molecular weight is 543 g/mol. The van der Waals surface area contributed by atoms with E-state index in [-0.39, 0.29) is 29.0 Å². The number of aromatic nitrogens is 3. The number of nitrogens with one attached hydrogen (secondary N) is 1. The second kappa shape index (κ2) is 10.6. The van der Waals surface area contributed by atoms with Crippen LogP contribution in [-0.4, -0.2) is 63.2 Å². The van der Waals surface area contributed by atoms with E-state index in [1.807, 2.05) is 33.9 Å². The number of carbonyl (C=O) groups is 1. The fraction of sp³-hybridized carbons (Fsp3) is 0.300. The summed E-state index contributed by atoms with van der Waals surface area (Å²) < 4.78 is 21.6. The summed E-state index contributed by atoms with van der Waals surface area (Å²) in [5.41, 5.74) is 8.04. The molecule has 2 aromatic heterocycles. The van der Waals surface area contributed by atoms with Gasteiger partial charge in [-0.25, -0.2) is 9.49 Å². The summed E-state index contributed by atoms with van der Waals surface area (Å²) in [4.78, 5) is 30.1. The molecule has 4 heterocycles. The summed E-state index contributed by atoms with van der Waals surface area (Å²) in [7, 11) is 2.05. The highest BCUT2D eigenvalue weighted by atomic mass is 19.1. The van der Waals surface area contributed by atoms with E-state index in [1.54, 1.807) is 36.4 Å². The largest absolute Gasteiger partial charge is 0.454 e. The molecule has 2 atom stereocenters. The number of nitrogens with two attached hydrogens (primary N) is 1. The van der Waals surface area contributed by atoms with Gasteiger partial charge in [0, 0.05) is 49.6 Å². The minimum absolute atomic E-state index is 0.00531. The number of hydrogen-bond acceptors (Lipinski definition) is 6. The molecule has 2 aliphatic rings. The highest BCUT2D eigenvalue weighted by Crippen LogP contribution is 2.35. The lowest BCUT2D eigenvalue weighted by atomic mass is 9.90. The maximum atomic E-state index is 14.0. The van der Waals surface area contributed by atoms with Crippen LogP contribution in [0.1, 0.15) is 30.7 Å². The summed E-state index contributed by atoms with van der Waals surface area (Å²) in [6.45, 7) is 2.25. The van der Waals surface area contributed by atoms with Crippen molar-refractivity contribution >= 4 is 22.6 Å². The van der Waals surface area contributed by atoms with Crippen molar-refractivity contribution in [2.75, 3.05) is 32.4 Å². The molecule has 2 fully saturated rings. The van der Waals surface area contributed by atoms with Crippen LogP contribution in [0.2, 0.25) is 0 Å². The maximum absolute atomic E-state index is 14.0. The van der Waals surface area contributed by atoms with E-state index in [0.29, 0.717) is 35.8 Å². The number of hydrogen-bond donors (Lipinski definition) is 2. The summed E-state index contributed by atoms with van der Waals surface area (Å²) in [5.74, 6) is 0.314. The molecule has 40 heavy (non-hydrogen) atoms. The van der Waals surface area contributed by atoms with Gasteiger partial charge < -0.3 is 19.9 Å². The summed E-state index contributed by atoms with van der Waals surface area (Å²) in [5, 5.41) is 7.01. The lowest BCUT2D eigenvalue weighted by Gasteiger charge is -2.36. The molecule has 6 rings (SSSR count). The second-order valence-electron chi connectivity index (χ2n) is 10.5. The molecule has 3 N–H and O–H groups in total. The first kappa shape index (κ1) is 25.8. The number of amides is 1. The zero-order chi connectivity index (χ0) is 27.8. The van der Waals surface area contributed by atoms with Crippen LogP contribution in [-0.2, 0) is 4.79 Å². The molecule has 4 aromatic rings. The number of halogens is 1. The monoisotopic (exact) mass is 542 g/mol. The van der Waals surface area contributed by atoms with E-state index in [9.17, 15) is 14.0 Å². The first-order valence-corrected chi connectivity index (χ1v) is 13.5. The molecular weight excluding hydrogens is 511 g/mol. The fourth-order valence-electron chi connectivity index (χ4n) is 5.59. The van der Waals surface area contributed by atoms with Crippen molar-refractivity contribution in [3.8, 4) is 17.2 Å². The van der Waals surface area contributed by atoms with Gasteiger partial charge in [0.1, 0.15) is 11.3 Å². The van der Waals surface area contributed by atoms with Crippen LogP contribution in [0.25, 0.3) is 16.6 Å². The van der Waals surface area contributed by atoms with Gasteiger partial charge in [0.15, 0.2) is 17.4 Å². The van der Waals surface area contributed by atoms with Crippen molar-refractivity contribution < 1.29 is 13.9 Å². The Morgan fingerprint density at radius 1 is 1.15 bits per heavy atom. The Hall–Kier alpha value is -4.44. The number of para-hydroxylation sites is 1. The molecule has 0 spiro atoms. The Morgan fingerprint density at radius 2 is 1.95 bits per heavy atom. The number of piperidine rings is 1. The molecule has 0 saturated carbocycles. The highest BCUT2D eigenvalue weighted by Gasteiger charge is 2.29. The van der Waals surface area contributed by atoms with Gasteiger partial charge in [0.25, 0.3) is 5.56 Å². The number of carbonyl (C=O) groups excluding carboxylic acids is 1. The van der Waals surface area contributed by atoms with E-state index in [1.165, 1.54) is 6.07 Å². The van der Waals surface area contributed by atoms with Gasteiger partial charge in [-0.3, -0.25) is 14.5 Å². The third-order valence-electron chi connectivity index (χ3n) is 7.94. The van der Waals surface area contributed by atoms with Gasteiger partial charge in [0.2, 0.25) is 5.91 Å². The summed E-state index contributed by atoms with van der Waals surface area (Å²) >= 11 is 0. The first-order chi connectivity index (χ1) is 19.4. The van der Waals surface area contributed by atoms with Crippen molar-refractivity contribution in [2.24, 2.45) is 0 Å². The minimum Gasteiger partial charge on any atom is -0.454 e. The summed E-state index contributed by atoms with van der Waals surface area (Å²) in [6, 6.07) is 13.6. The predicted molar refractivity (Wildman–Crippen MR) is 151 cm³/mol. The van der Waals surface area contributed by atoms with E-state index in [2.05, 4.69) is 22.1 Å². The Kier molecular flexibility index (Phi) is 6.85. The number of likely N-dealkylation sites (N-methyl/N-ethyl adjacent to an activating group) is 1. The fourth-order valence-corrected chi connectivity index (χ4v) is 5.59. The summed E-state index contributed by atoms with van der Waals surface area (Å²) in [6.07, 6.45) is 8.33. The smallest absolute Gasteiger partial charge is 0.274 e. The maximum Gasteiger partial charge on any atom is 0.274 e. The number of ether oxygens (including phenoxy) is 1. The van der Waals surface area contributed by atoms with Crippen LogP contribution < -0.4 is 16.0 Å². The van der Waals surface area contributed by atoms with E-state index in [0.717, 1.165) is 37.1 Å². The van der Waals surface area contributed by atoms with Crippen LogP contribution in [0.3, 0.4) is 0 Å². The molecule has 0 radical (unpaired) electrons. The van der Waals surface area contributed by atoms with Crippen molar-refractivity contribution in [2.45, 2.75) is 31.2 Å². The molecule has 10 heteroatoms. The quantitative estimate of drug-likeness (QED) is 0.354. The van der Waals surface area contributed by atoms with Crippen LogP contribution >= 0.6 is 0 Å². The van der Waals surface area contributed by atoms with Crippen molar-refractivity contribution in [1.82, 2.24) is 24.6 Å². The van der Waals surface area contributed by atoms with Gasteiger partial charge in [-0.1, -0.05) is 18.2 Å². The third kappa shape index (κ3) is 4.86. The lowest BCUT2D eigenvalue weighted by molar-refractivity contribution is -0.127. The Bertz CT molecular complexity index is 1640. The van der Waals surface area contributed by atoms with E-state index in [4.69, 9.17) is 10.5 Å². The zero-order valence-corrected chi connectivity index (χ0v) is 22.2. The van der Waals surface area contributed by atoms with Gasteiger partial charge >= 0.3 is 0 Å². The first-order valence-electron chi connectivity index (χ1n) is 13.5. The Balaban J connectivity index is 1.30. The Labute approximate surface area is 230 Å². The minimum atomic E-state index is -0.448. The standard InChI is InChI=1S/C30H31FN6O3/c1-35-16-14-20(35)10-13-26(38)36-15-4-5-19(17-36)23-18-37(28-27(23)30(39)34-33-29(28)32)21-8-11-22(12-9-21)40-25-7-3-2-6-24(25)31/h2-3,6-13,18-20H,4-5,14-17H2,1H3,(H2,32,33)(H,34,39)/b13-10+/t19-,20+/m1/s1. The van der Waals surface area contributed by atoms with Crippen molar-refractivity contribution in [3.63, 3.8) is 0 Å². The van der Waals surface area contributed by atoms with Crippen molar-refractivity contribution in [1.29, 1.82) is 0 Å². The number of anilines is 1. The van der Waals surface area contributed by atoms with Crippen LogP contribution in [0.4, 0.5) is 10.2 Å². The average Bonchev–Trinajstić information content (AvgIpc) is 3.38. The molecule has 0 unspecified atom stereocenters. The number of benzene rings is 2. The third-order valence-corrected chi connectivity index (χ3v) is 7.94. The topological polar surface area (TPSA) is 109 Å². The highest BCUT2D eigenvalue weighted by molar-refractivity contribution is 5.92. The number of nitrogens with zero attached hydrogens (tertiary/aromatic N) is 4. The van der Waals surface area contributed by atoms with Crippen LogP contribution in [0.5, 0.6) is 11.5 Å². The molecule has 2 aliphatic heterocycles. The molecule has 1 amide bonds. The molecule has 0 bridgehead atoms. The number of likely N-dealkylation sites (tertiary alicyclic amines) is 2. The predicted octanol–water partition coefficient (Wildman–Crippen LogP) is 4.19. The Morgan fingerprint density at radius 3 is 2.67 bits per heavy atom. The zero-order valence-electron chi connectivity index (χ0n) is 22.2. The number of rotatable bonds is 6. The van der Waals surface area contributed by atoms with Gasteiger partial charge in [-0.15, -0.1) is 0 Å². The van der Waals surface area contributed by atoms with Crippen molar-refractivity contribution in [3.05, 3.63) is 88.6 Å². The normalized spacial score (nSPS) is 19.7. The van der Waals surface area contributed by atoms with Crippen LogP contribution in [0, 0.1) is 5.82 Å². The molecule has 2 aromatic carbocycles. The van der Waals surface area contributed by atoms with E-state index < -0.39 is 5.82 Å². The second-order valence-corrected chi connectivity index (χ2v) is 10.5. The van der Waals surface area contributed by atoms with Gasteiger partial charge in [0.05, 0.1) is 5.39 Å². The molecule has 0 aliphatic carbocycles. The molecule has 206 valence electrons.